The van der Waals surface area contributed by atoms with Crippen LogP contribution in [0.25, 0.3) is 0 Å². The predicted molar refractivity (Wildman–Crippen MR) is 103 cm³/mol. The van der Waals surface area contributed by atoms with Gasteiger partial charge >= 0.3 is 5.97 Å². The van der Waals surface area contributed by atoms with Crippen LogP contribution in [0.3, 0.4) is 0 Å². The number of carbonyl (C=O) groups is 1. The highest BCUT2D eigenvalue weighted by molar-refractivity contribution is 8.03. The van der Waals surface area contributed by atoms with Crippen molar-refractivity contribution in [3.63, 3.8) is 0 Å². The van der Waals surface area contributed by atoms with Gasteiger partial charge in [-0.25, -0.2) is 9.18 Å². The van der Waals surface area contributed by atoms with E-state index in [9.17, 15) is 14.3 Å². The minimum atomic E-state index is -0.904. The number of hydrogen-bond donors (Lipinski definition) is 1. The lowest BCUT2D eigenvalue weighted by Gasteiger charge is -2.42. The van der Waals surface area contributed by atoms with Gasteiger partial charge in [0.15, 0.2) is 0 Å². The Labute approximate surface area is 158 Å². The van der Waals surface area contributed by atoms with Crippen LogP contribution in [-0.2, 0) is 11.3 Å². The third-order valence-corrected chi connectivity index (χ3v) is 5.84. The summed E-state index contributed by atoms with van der Waals surface area (Å²) >= 11 is 1.55. The molecule has 1 N–H and O–H groups in total. The van der Waals surface area contributed by atoms with Gasteiger partial charge in [-0.05, 0) is 54.9 Å². The molecule has 3 rings (SSSR count). The number of thioether (sulfide) groups is 1. The van der Waals surface area contributed by atoms with E-state index < -0.39 is 5.97 Å². The van der Waals surface area contributed by atoms with E-state index in [1.807, 2.05) is 26.0 Å². The maximum atomic E-state index is 13.7. The minimum Gasteiger partial charge on any atom is -0.478 e. The molecule has 1 saturated heterocycles. The highest BCUT2D eigenvalue weighted by atomic mass is 32.2. The summed E-state index contributed by atoms with van der Waals surface area (Å²) in [6.45, 7) is 6.39. The van der Waals surface area contributed by atoms with E-state index in [1.165, 1.54) is 12.1 Å². The lowest BCUT2D eigenvalue weighted by Crippen LogP contribution is -2.47. The Hall–Kier alpha value is -1.79. The van der Waals surface area contributed by atoms with Crippen LogP contribution in [0.1, 0.15) is 32.3 Å². The predicted octanol–water partition coefficient (Wildman–Crippen LogP) is 4.06. The SMILES string of the molecule is CCSC1=C(C(=O)O)C(C)=CC(N2CCCC2)N1Cc1cccc(F)c1. The van der Waals surface area contributed by atoms with Crippen molar-refractivity contribution in [3.05, 3.63) is 57.9 Å². The van der Waals surface area contributed by atoms with E-state index in [0.717, 1.165) is 47.8 Å². The molecular weight excluding hydrogens is 351 g/mol. The topological polar surface area (TPSA) is 43.8 Å². The molecule has 2 heterocycles. The molecule has 4 nitrogen and oxygen atoms in total. The highest BCUT2D eigenvalue weighted by Crippen LogP contribution is 2.37. The molecule has 2 aliphatic rings. The molecule has 0 aliphatic carbocycles. The number of hydrogen-bond acceptors (Lipinski definition) is 4. The Balaban J connectivity index is 2.03. The Morgan fingerprint density at radius 3 is 2.69 bits per heavy atom. The van der Waals surface area contributed by atoms with Gasteiger partial charge in [0.25, 0.3) is 0 Å². The molecule has 1 unspecified atom stereocenters. The number of carboxylic acids is 1. The van der Waals surface area contributed by atoms with Gasteiger partial charge in [0.2, 0.25) is 0 Å². The quantitative estimate of drug-likeness (QED) is 0.811. The van der Waals surface area contributed by atoms with E-state index in [-0.39, 0.29) is 12.0 Å². The van der Waals surface area contributed by atoms with Crippen molar-refractivity contribution in [2.75, 3.05) is 18.8 Å². The Morgan fingerprint density at radius 1 is 1.35 bits per heavy atom. The first-order valence-electron chi connectivity index (χ1n) is 9.05. The van der Waals surface area contributed by atoms with Crippen molar-refractivity contribution in [1.29, 1.82) is 0 Å². The zero-order valence-corrected chi connectivity index (χ0v) is 16.1. The summed E-state index contributed by atoms with van der Waals surface area (Å²) in [7, 11) is 0. The van der Waals surface area contributed by atoms with Crippen molar-refractivity contribution in [3.8, 4) is 0 Å². The average molecular weight is 376 g/mol. The van der Waals surface area contributed by atoms with E-state index in [2.05, 4.69) is 9.80 Å². The molecule has 2 aliphatic heterocycles. The second-order valence-corrected chi connectivity index (χ2v) is 7.94. The standard InChI is InChI=1S/C20H25FN2O2S/c1-3-26-19-18(20(24)25)14(2)11-17(22-9-4-5-10-22)23(19)13-15-7-6-8-16(21)12-15/h6-8,11-12,17H,3-5,9-10,13H2,1-2H3,(H,24,25). The molecule has 26 heavy (non-hydrogen) atoms. The average Bonchev–Trinajstić information content (AvgIpc) is 3.11. The summed E-state index contributed by atoms with van der Waals surface area (Å²) in [5.74, 6) is -0.388. The monoisotopic (exact) mass is 376 g/mol. The molecule has 1 atom stereocenters. The normalized spacial score (nSPS) is 21.3. The Morgan fingerprint density at radius 2 is 2.08 bits per heavy atom. The first-order chi connectivity index (χ1) is 12.5. The lowest BCUT2D eigenvalue weighted by molar-refractivity contribution is -0.132. The fourth-order valence-electron chi connectivity index (χ4n) is 3.69. The number of nitrogens with zero attached hydrogens (tertiary/aromatic N) is 2. The number of likely N-dealkylation sites (tertiary alicyclic amines) is 1. The molecule has 140 valence electrons. The first-order valence-corrected chi connectivity index (χ1v) is 10.0. The fraction of sp³-hybridized carbons (Fsp3) is 0.450. The summed E-state index contributed by atoms with van der Waals surface area (Å²) in [4.78, 5) is 16.4. The van der Waals surface area contributed by atoms with E-state index in [0.29, 0.717) is 12.1 Å². The number of aliphatic carboxylic acids is 1. The van der Waals surface area contributed by atoms with Gasteiger partial charge in [-0.2, -0.15) is 0 Å². The lowest BCUT2D eigenvalue weighted by atomic mass is 10.0. The molecular formula is C20H25FN2O2S. The molecule has 0 spiro atoms. The number of rotatable bonds is 6. The van der Waals surface area contributed by atoms with Gasteiger partial charge in [-0.3, -0.25) is 4.90 Å². The van der Waals surface area contributed by atoms with Crippen LogP contribution in [0.4, 0.5) is 4.39 Å². The third-order valence-electron chi connectivity index (χ3n) is 4.84. The molecule has 0 saturated carbocycles. The molecule has 0 amide bonds. The molecule has 0 radical (unpaired) electrons. The molecule has 1 aromatic carbocycles. The van der Waals surface area contributed by atoms with Crippen LogP contribution >= 0.6 is 11.8 Å². The number of halogens is 1. The third kappa shape index (κ3) is 3.96. The minimum absolute atomic E-state index is 0.0120. The molecule has 0 bridgehead atoms. The van der Waals surface area contributed by atoms with Crippen LogP contribution in [0.5, 0.6) is 0 Å². The first kappa shape index (κ1) is 19.0. The summed E-state index contributed by atoms with van der Waals surface area (Å²) < 4.78 is 13.7. The van der Waals surface area contributed by atoms with Crippen LogP contribution in [0.15, 0.2) is 46.5 Å². The summed E-state index contributed by atoms with van der Waals surface area (Å²) in [5, 5.41) is 10.6. The van der Waals surface area contributed by atoms with Gasteiger partial charge in [-0.1, -0.05) is 19.1 Å². The summed E-state index contributed by atoms with van der Waals surface area (Å²) in [6.07, 6.45) is 4.37. The fourth-order valence-corrected chi connectivity index (χ4v) is 4.69. The van der Waals surface area contributed by atoms with Gasteiger partial charge in [0.1, 0.15) is 12.0 Å². The molecule has 0 aromatic heterocycles. The van der Waals surface area contributed by atoms with Crippen molar-refractivity contribution in [2.45, 2.75) is 39.4 Å². The molecule has 1 aromatic rings. The maximum Gasteiger partial charge on any atom is 0.338 e. The maximum absolute atomic E-state index is 13.7. The van der Waals surface area contributed by atoms with Crippen LogP contribution < -0.4 is 0 Å². The summed E-state index contributed by atoms with van der Waals surface area (Å²) in [5.41, 5.74) is 2.02. The van der Waals surface area contributed by atoms with Crippen LogP contribution in [0, 0.1) is 5.82 Å². The van der Waals surface area contributed by atoms with Crippen LogP contribution in [-0.4, -0.2) is 45.9 Å². The van der Waals surface area contributed by atoms with Gasteiger partial charge in [0.05, 0.1) is 10.6 Å². The van der Waals surface area contributed by atoms with Crippen molar-refractivity contribution < 1.29 is 14.3 Å². The number of carboxylic acid groups (broad SMARTS) is 1. The van der Waals surface area contributed by atoms with E-state index >= 15 is 0 Å². The van der Waals surface area contributed by atoms with Crippen molar-refractivity contribution in [1.82, 2.24) is 9.80 Å². The zero-order chi connectivity index (χ0) is 18.7. The second-order valence-electron chi connectivity index (χ2n) is 6.68. The van der Waals surface area contributed by atoms with Crippen molar-refractivity contribution in [2.24, 2.45) is 0 Å². The Bertz CT molecular complexity index is 741. The summed E-state index contributed by atoms with van der Waals surface area (Å²) in [6, 6.07) is 6.56. The molecule has 1 fully saturated rings. The zero-order valence-electron chi connectivity index (χ0n) is 15.2. The van der Waals surface area contributed by atoms with E-state index in [1.54, 1.807) is 17.8 Å². The number of benzene rings is 1. The van der Waals surface area contributed by atoms with Crippen LogP contribution in [0.2, 0.25) is 0 Å². The van der Waals surface area contributed by atoms with Crippen molar-refractivity contribution >= 4 is 17.7 Å². The highest BCUT2D eigenvalue weighted by Gasteiger charge is 2.34. The molecule has 6 heteroatoms. The second kappa shape index (κ2) is 8.27. The smallest absolute Gasteiger partial charge is 0.338 e. The van der Waals surface area contributed by atoms with Gasteiger partial charge < -0.3 is 10.0 Å². The Kier molecular flexibility index (Phi) is 6.04. The largest absolute Gasteiger partial charge is 0.478 e. The van der Waals surface area contributed by atoms with Gasteiger partial charge in [0, 0.05) is 19.6 Å². The van der Waals surface area contributed by atoms with E-state index in [4.69, 9.17) is 0 Å². The van der Waals surface area contributed by atoms with Gasteiger partial charge in [-0.15, -0.1) is 11.8 Å².